The molecule has 0 rings (SSSR count). The van der Waals surface area contributed by atoms with Gasteiger partial charge in [0.2, 0.25) is 0 Å². The average Bonchev–Trinajstić information content (AvgIpc) is 1.98. The first kappa shape index (κ1) is 10.7. The Morgan fingerprint density at radius 2 is 2.25 bits per heavy atom. The molecule has 0 aliphatic carbocycles. The maximum Gasteiger partial charge on any atom is 0.326 e. The standard InChI is InChI=1S/C7H15N3O2/c1-3-4(2)5(6(11)12)10-7(8)9/h4-5H,3H2,1-2H3,(H,11,12)(H4,8,9,10). The fraction of sp³-hybridized carbons (Fsp3) is 0.714. The van der Waals surface area contributed by atoms with Gasteiger partial charge in [0, 0.05) is 0 Å². The van der Waals surface area contributed by atoms with Gasteiger partial charge >= 0.3 is 5.97 Å². The van der Waals surface area contributed by atoms with Crippen molar-refractivity contribution in [2.75, 3.05) is 0 Å². The van der Waals surface area contributed by atoms with Crippen molar-refractivity contribution in [2.24, 2.45) is 11.7 Å². The Balaban J connectivity index is 4.22. The van der Waals surface area contributed by atoms with Crippen molar-refractivity contribution in [3.63, 3.8) is 0 Å². The van der Waals surface area contributed by atoms with E-state index in [-0.39, 0.29) is 11.9 Å². The number of carbonyl (C=O) groups is 1. The van der Waals surface area contributed by atoms with Crippen LogP contribution in [0.1, 0.15) is 20.3 Å². The van der Waals surface area contributed by atoms with Crippen molar-refractivity contribution in [1.29, 1.82) is 5.41 Å². The number of carboxylic acids is 1. The van der Waals surface area contributed by atoms with Gasteiger partial charge < -0.3 is 16.2 Å². The molecule has 12 heavy (non-hydrogen) atoms. The predicted octanol–water partition coefficient (Wildman–Crippen LogP) is -0.0312. The highest BCUT2D eigenvalue weighted by molar-refractivity contribution is 5.82. The first-order valence-electron chi connectivity index (χ1n) is 3.82. The summed E-state index contributed by atoms with van der Waals surface area (Å²) >= 11 is 0. The van der Waals surface area contributed by atoms with Crippen LogP contribution in [0.3, 0.4) is 0 Å². The van der Waals surface area contributed by atoms with Gasteiger partial charge in [0.05, 0.1) is 0 Å². The molecule has 0 radical (unpaired) electrons. The monoisotopic (exact) mass is 173 g/mol. The second-order valence-electron chi connectivity index (χ2n) is 2.76. The van der Waals surface area contributed by atoms with Crippen LogP contribution < -0.4 is 11.1 Å². The molecule has 0 fully saturated rings. The van der Waals surface area contributed by atoms with Gasteiger partial charge in [-0.15, -0.1) is 0 Å². The maximum absolute atomic E-state index is 10.6. The van der Waals surface area contributed by atoms with Crippen LogP contribution >= 0.6 is 0 Å². The van der Waals surface area contributed by atoms with Crippen LogP contribution in [-0.4, -0.2) is 23.1 Å². The number of aliphatic carboxylic acids is 1. The van der Waals surface area contributed by atoms with E-state index >= 15 is 0 Å². The van der Waals surface area contributed by atoms with Gasteiger partial charge in [-0.25, -0.2) is 4.79 Å². The van der Waals surface area contributed by atoms with Crippen molar-refractivity contribution >= 4 is 11.9 Å². The van der Waals surface area contributed by atoms with E-state index in [0.717, 1.165) is 6.42 Å². The normalized spacial score (nSPS) is 14.8. The van der Waals surface area contributed by atoms with E-state index in [0.29, 0.717) is 0 Å². The number of carboxylic acid groups (broad SMARTS) is 1. The summed E-state index contributed by atoms with van der Waals surface area (Å²) in [4.78, 5) is 10.6. The fourth-order valence-electron chi connectivity index (χ4n) is 0.851. The minimum absolute atomic E-state index is 0.0357. The first-order valence-corrected chi connectivity index (χ1v) is 3.82. The predicted molar refractivity (Wildman–Crippen MR) is 45.9 cm³/mol. The number of nitrogens with two attached hydrogens (primary N) is 1. The molecule has 0 aromatic carbocycles. The topological polar surface area (TPSA) is 99.2 Å². The summed E-state index contributed by atoms with van der Waals surface area (Å²) < 4.78 is 0. The summed E-state index contributed by atoms with van der Waals surface area (Å²) in [6, 6.07) is -0.757. The molecule has 0 heterocycles. The Bertz CT molecular complexity index is 181. The van der Waals surface area contributed by atoms with Crippen molar-refractivity contribution in [2.45, 2.75) is 26.3 Å². The average molecular weight is 173 g/mol. The zero-order valence-electron chi connectivity index (χ0n) is 7.29. The van der Waals surface area contributed by atoms with Crippen molar-refractivity contribution in [3.8, 4) is 0 Å². The Labute approximate surface area is 71.5 Å². The molecule has 0 bridgehead atoms. The van der Waals surface area contributed by atoms with E-state index in [1.165, 1.54) is 0 Å². The lowest BCUT2D eigenvalue weighted by molar-refractivity contribution is -0.140. The minimum Gasteiger partial charge on any atom is -0.480 e. The summed E-state index contributed by atoms with van der Waals surface area (Å²) in [6.07, 6.45) is 0.733. The van der Waals surface area contributed by atoms with Crippen molar-refractivity contribution in [1.82, 2.24) is 5.32 Å². The quantitative estimate of drug-likeness (QED) is 0.354. The highest BCUT2D eigenvalue weighted by atomic mass is 16.4. The second kappa shape index (κ2) is 4.58. The summed E-state index contributed by atoms with van der Waals surface area (Å²) in [5.74, 6) is -1.31. The van der Waals surface area contributed by atoms with Crippen LogP contribution in [-0.2, 0) is 4.79 Å². The Morgan fingerprint density at radius 1 is 1.75 bits per heavy atom. The van der Waals surface area contributed by atoms with E-state index in [1.807, 2.05) is 6.92 Å². The van der Waals surface area contributed by atoms with Crippen LogP contribution in [0.2, 0.25) is 0 Å². The van der Waals surface area contributed by atoms with Crippen molar-refractivity contribution in [3.05, 3.63) is 0 Å². The molecule has 0 amide bonds. The fourth-order valence-corrected chi connectivity index (χ4v) is 0.851. The van der Waals surface area contributed by atoms with Crippen LogP contribution in [0.4, 0.5) is 0 Å². The number of guanidine groups is 1. The lowest BCUT2D eigenvalue weighted by Gasteiger charge is -2.19. The molecule has 0 aromatic rings. The lowest BCUT2D eigenvalue weighted by atomic mass is 10.00. The van der Waals surface area contributed by atoms with Gasteiger partial charge in [-0.3, -0.25) is 5.41 Å². The van der Waals surface area contributed by atoms with Crippen LogP contribution in [0, 0.1) is 11.3 Å². The molecular formula is C7H15N3O2. The van der Waals surface area contributed by atoms with Crippen LogP contribution in [0.5, 0.6) is 0 Å². The number of nitrogens with one attached hydrogen (secondary N) is 2. The Hall–Kier alpha value is -1.26. The summed E-state index contributed by atoms with van der Waals surface area (Å²) in [6.45, 7) is 3.69. The van der Waals surface area contributed by atoms with E-state index < -0.39 is 12.0 Å². The van der Waals surface area contributed by atoms with E-state index in [1.54, 1.807) is 6.92 Å². The van der Waals surface area contributed by atoms with Gasteiger partial charge in [0.15, 0.2) is 5.96 Å². The molecule has 0 saturated carbocycles. The molecule has 2 unspecified atom stereocenters. The van der Waals surface area contributed by atoms with Crippen LogP contribution in [0.25, 0.3) is 0 Å². The van der Waals surface area contributed by atoms with Gasteiger partial charge in [-0.1, -0.05) is 20.3 Å². The maximum atomic E-state index is 10.6. The molecule has 0 saturated heterocycles. The number of hydrogen-bond donors (Lipinski definition) is 4. The zero-order chi connectivity index (χ0) is 9.72. The van der Waals surface area contributed by atoms with Gasteiger partial charge in [0.25, 0.3) is 0 Å². The summed E-state index contributed by atoms with van der Waals surface area (Å²) in [7, 11) is 0. The van der Waals surface area contributed by atoms with E-state index in [4.69, 9.17) is 16.2 Å². The highest BCUT2D eigenvalue weighted by Crippen LogP contribution is 2.07. The molecule has 5 heteroatoms. The smallest absolute Gasteiger partial charge is 0.326 e. The van der Waals surface area contributed by atoms with Crippen molar-refractivity contribution < 1.29 is 9.90 Å². The highest BCUT2D eigenvalue weighted by Gasteiger charge is 2.23. The summed E-state index contributed by atoms with van der Waals surface area (Å²) in [5.41, 5.74) is 5.03. The third kappa shape index (κ3) is 3.23. The van der Waals surface area contributed by atoms with Gasteiger partial charge in [-0.2, -0.15) is 0 Å². The molecule has 5 nitrogen and oxygen atoms in total. The molecule has 0 aliphatic heterocycles. The zero-order valence-corrected chi connectivity index (χ0v) is 7.29. The largest absolute Gasteiger partial charge is 0.480 e. The molecule has 0 spiro atoms. The van der Waals surface area contributed by atoms with E-state index in [2.05, 4.69) is 5.32 Å². The van der Waals surface area contributed by atoms with Gasteiger partial charge in [-0.05, 0) is 5.92 Å². The third-order valence-corrected chi connectivity index (χ3v) is 1.79. The lowest BCUT2D eigenvalue weighted by Crippen LogP contribution is -2.47. The summed E-state index contributed by atoms with van der Waals surface area (Å²) in [5, 5.41) is 18.0. The van der Waals surface area contributed by atoms with E-state index in [9.17, 15) is 4.79 Å². The molecule has 5 N–H and O–H groups in total. The minimum atomic E-state index is -0.973. The molecule has 0 aliphatic rings. The molecule has 2 atom stereocenters. The second-order valence-corrected chi connectivity index (χ2v) is 2.76. The Morgan fingerprint density at radius 3 is 2.50 bits per heavy atom. The molecule has 70 valence electrons. The van der Waals surface area contributed by atoms with Gasteiger partial charge in [0.1, 0.15) is 6.04 Å². The van der Waals surface area contributed by atoms with Crippen LogP contribution in [0.15, 0.2) is 0 Å². The SMILES string of the molecule is CCC(C)C(NC(=N)N)C(=O)O. The molecular weight excluding hydrogens is 158 g/mol. The Kier molecular flexibility index (Phi) is 4.10. The molecule has 0 aromatic heterocycles. The number of rotatable bonds is 4. The number of hydrogen-bond acceptors (Lipinski definition) is 2. The third-order valence-electron chi connectivity index (χ3n) is 1.79. The first-order chi connectivity index (χ1) is 5.49.